The van der Waals surface area contributed by atoms with E-state index < -0.39 is 0 Å². The number of para-hydroxylation sites is 3. The van der Waals surface area contributed by atoms with Crippen molar-refractivity contribution < 1.29 is 0 Å². The van der Waals surface area contributed by atoms with Crippen molar-refractivity contribution in [3.8, 4) is 5.69 Å². The van der Waals surface area contributed by atoms with Crippen molar-refractivity contribution in [2.24, 2.45) is 9.98 Å². The fourth-order valence-corrected chi connectivity index (χ4v) is 5.85. The van der Waals surface area contributed by atoms with Crippen LogP contribution < -0.4 is 10.2 Å². The summed E-state index contributed by atoms with van der Waals surface area (Å²) < 4.78 is 2.94. The summed E-state index contributed by atoms with van der Waals surface area (Å²) in [5.74, 6) is 2.14. The maximum atomic E-state index is 6.32. The first-order valence-corrected chi connectivity index (χ1v) is 13.7. The van der Waals surface area contributed by atoms with Crippen molar-refractivity contribution in [3.05, 3.63) is 129 Å². The van der Waals surface area contributed by atoms with Crippen molar-refractivity contribution in [3.63, 3.8) is 0 Å². The van der Waals surface area contributed by atoms with Gasteiger partial charge < -0.3 is 10.2 Å². The monoisotopic (exact) mass is 592 g/mol. The summed E-state index contributed by atoms with van der Waals surface area (Å²) in [6.45, 7) is 2.05. The molecule has 0 spiro atoms. The molecular weight excluding hydrogens is 572 g/mol. The average molecular weight is 594 g/mol. The summed E-state index contributed by atoms with van der Waals surface area (Å²) in [6, 6.07) is 34.1. The topological polar surface area (TPSA) is 57.8 Å². The predicted octanol–water partition coefficient (Wildman–Crippen LogP) is 8.39. The minimum atomic E-state index is -0.185. The van der Waals surface area contributed by atoms with Gasteiger partial charge in [-0.05, 0) is 67.1 Å². The molecular formula is C31H22BrClN6. The lowest BCUT2D eigenvalue weighted by Gasteiger charge is -2.40. The zero-order valence-corrected chi connectivity index (χ0v) is 23.2. The van der Waals surface area contributed by atoms with E-state index in [4.69, 9.17) is 26.7 Å². The van der Waals surface area contributed by atoms with Crippen molar-refractivity contribution in [2.45, 2.75) is 13.0 Å². The third kappa shape index (κ3) is 4.15. The molecule has 190 valence electrons. The number of hydrogen-bond acceptors (Lipinski definition) is 5. The minimum Gasteiger partial charge on any atom is -0.337 e. The molecule has 2 aliphatic rings. The van der Waals surface area contributed by atoms with E-state index in [1.54, 1.807) is 0 Å². The maximum Gasteiger partial charge on any atom is 0.179 e. The second-order valence-corrected chi connectivity index (χ2v) is 10.8. The molecule has 7 rings (SSSR count). The van der Waals surface area contributed by atoms with Gasteiger partial charge in [0.05, 0.1) is 28.8 Å². The highest BCUT2D eigenvalue weighted by atomic mass is 79.9. The number of nitrogens with zero attached hydrogens (tertiary/aromatic N) is 5. The quantitative estimate of drug-likeness (QED) is 0.229. The zero-order valence-electron chi connectivity index (χ0n) is 20.9. The molecule has 8 heteroatoms. The maximum absolute atomic E-state index is 6.32. The van der Waals surface area contributed by atoms with Crippen LogP contribution in [0.5, 0.6) is 0 Å². The van der Waals surface area contributed by atoms with Crippen LogP contribution >= 0.6 is 27.5 Å². The Morgan fingerprint density at radius 3 is 2.46 bits per heavy atom. The zero-order chi connectivity index (χ0) is 26.5. The van der Waals surface area contributed by atoms with Crippen molar-refractivity contribution in [1.29, 1.82) is 0 Å². The van der Waals surface area contributed by atoms with Crippen LogP contribution in [-0.2, 0) is 0 Å². The molecule has 2 aliphatic heterocycles. The molecule has 0 bridgehead atoms. The second kappa shape index (κ2) is 9.52. The van der Waals surface area contributed by atoms with Crippen LogP contribution in [0.25, 0.3) is 5.69 Å². The molecule has 0 radical (unpaired) electrons. The molecule has 4 aromatic carbocycles. The SMILES string of the molecule is Cc1nn(-c2ccccc2)c2c1[C@H](c1cccc(Br)c1)N1C(=N2)C(Nc2cccc(Cl)c2)=Nc2ccccc21. The molecule has 3 heterocycles. The van der Waals surface area contributed by atoms with Gasteiger partial charge in [0.15, 0.2) is 17.5 Å². The Morgan fingerprint density at radius 2 is 1.64 bits per heavy atom. The number of rotatable bonds is 3. The highest BCUT2D eigenvalue weighted by Gasteiger charge is 2.41. The standard InChI is InChI=1S/C31H22BrClN6/c1-19-27-28(20-9-7-10-21(32)17-20)38-26-16-6-5-15-25(26)35-29(34-23-12-8-11-22(33)18-23)31(38)36-30(27)39(37-19)24-13-3-2-4-14-24/h2-18,28H,1H3,(H,34,35)/t28-/m0/s1. The lowest BCUT2D eigenvalue weighted by molar-refractivity contribution is 0.815. The van der Waals surface area contributed by atoms with Crippen LogP contribution in [0.15, 0.2) is 118 Å². The van der Waals surface area contributed by atoms with E-state index >= 15 is 0 Å². The van der Waals surface area contributed by atoms with Crippen LogP contribution in [0.1, 0.15) is 22.9 Å². The summed E-state index contributed by atoms with van der Waals surface area (Å²) in [5.41, 5.74) is 6.72. The summed E-state index contributed by atoms with van der Waals surface area (Å²) in [5, 5.41) is 9.13. The van der Waals surface area contributed by atoms with Gasteiger partial charge >= 0.3 is 0 Å². The number of aryl methyl sites for hydroxylation is 1. The molecule has 0 aliphatic carbocycles. The number of halogens is 2. The summed E-state index contributed by atoms with van der Waals surface area (Å²) in [4.78, 5) is 12.6. The van der Waals surface area contributed by atoms with Crippen molar-refractivity contribution in [2.75, 3.05) is 10.2 Å². The second-order valence-electron chi connectivity index (χ2n) is 9.42. The minimum absolute atomic E-state index is 0.185. The number of fused-ring (bicyclic) bond motifs is 4. The van der Waals surface area contributed by atoms with Gasteiger partial charge in [-0.25, -0.2) is 14.7 Å². The first-order chi connectivity index (χ1) is 19.1. The van der Waals surface area contributed by atoms with Crippen LogP contribution in [-0.4, -0.2) is 21.5 Å². The van der Waals surface area contributed by atoms with Gasteiger partial charge in [0.2, 0.25) is 0 Å². The highest BCUT2D eigenvalue weighted by Crippen LogP contribution is 2.48. The lowest BCUT2D eigenvalue weighted by Crippen LogP contribution is -2.46. The van der Waals surface area contributed by atoms with E-state index in [9.17, 15) is 0 Å². The van der Waals surface area contributed by atoms with Gasteiger partial charge in [-0.3, -0.25) is 0 Å². The van der Waals surface area contributed by atoms with Crippen LogP contribution in [0.4, 0.5) is 22.9 Å². The molecule has 39 heavy (non-hydrogen) atoms. The third-order valence-corrected chi connectivity index (χ3v) is 7.62. The number of aromatic nitrogens is 2. The van der Waals surface area contributed by atoms with Crippen molar-refractivity contribution >= 4 is 62.1 Å². The van der Waals surface area contributed by atoms with Crippen LogP contribution in [0.3, 0.4) is 0 Å². The van der Waals surface area contributed by atoms with Gasteiger partial charge in [0, 0.05) is 20.7 Å². The Kier molecular flexibility index (Phi) is 5.83. The Labute approximate surface area is 239 Å². The number of aliphatic imine (C=N–C) groups is 2. The van der Waals surface area contributed by atoms with E-state index in [2.05, 4.69) is 57.3 Å². The Balaban J connectivity index is 1.51. The van der Waals surface area contributed by atoms with Gasteiger partial charge in [0.1, 0.15) is 0 Å². The van der Waals surface area contributed by atoms with Crippen LogP contribution in [0.2, 0.25) is 5.02 Å². The van der Waals surface area contributed by atoms with Crippen molar-refractivity contribution in [1.82, 2.24) is 9.78 Å². The van der Waals surface area contributed by atoms with E-state index in [1.165, 1.54) is 0 Å². The summed E-state index contributed by atoms with van der Waals surface area (Å²) in [7, 11) is 0. The largest absolute Gasteiger partial charge is 0.337 e. The van der Waals surface area contributed by atoms with E-state index in [0.717, 1.165) is 49.9 Å². The first kappa shape index (κ1) is 23.9. The molecule has 0 unspecified atom stereocenters. The fourth-order valence-electron chi connectivity index (χ4n) is 5.24. The molecule has 0 fully saturated rings. The molecule has 6 nitrogen and oxygen atoms in total. The average Bonchev–Trinajstić information content (AvgIpc) is 3.28. The van der Waals surface area contributed by atoms with Crippen LogP contribution in [0, 0.1) is 6.92 Å². The van der Waals surface area contributed by atoms with E-state index in [1.807, 2.05) is 83.5 Å². The summed E-state index contributed by atoms with van der Waals surface area (Å²) in [6.07, 6.45) is 0. The van der Waals surface area contributed by atoms with Gasteiger partial charge in [-0.15, -0.1) is 0 Å². The Hall–Kier alpha value is -4.20. The highest BCUT2D eigenvalue weighted by molar-refractivity contribution is 9.10. The molecule has 0 saturated heterocycles. The molecule has 0 amide bonds. The van der Waals surface area contributed by atoms with Gasteiger partial charge in [0.25, 0.3) is 0 Å². The smallest absolute Gasteiger partial charge is 0.179 e. The number of amidine groups is 2. The Morgan fingerprint density at radius 1 is 0.846 bits per heavy atom. The predicted molar refractivity (Wildman–Crippen MR) is 162 cm³/mol. The number of hydrogen-bond donors (Lipinski definition) is 1. The summed E-state index contributed by atoms with van der Waals surface area (Å²) >= 11 is 10.0. The fraction of sp³-hybridized carbons (Fsp3) is 0.0645. The molecule has 1 N–H and O–H groups in total. The third-order valence-electron chi connectivity index (χ3n) is 6.89. The number of anilines is 2. The molecule has 0 saturated carbocycles. The molecule has 5 aromatic rings. The number of benzene rings is 4. The van der Waals surface area contributed by atoms with E-state index in [0.29, 0.717) is 16.7 Å². The first-order valence-electron chi connectivity index (χ1n) is 12.6. The Bertz CT molecular complexity index is 1790. The number of nitrogens with one attached hydrogen (secondary N) is 1. The van der Waals surface area contributed by atoms with Gasteiger partial charge in [-0.1, -0.05) is 76.1 Å². The van der Waals surface area contributed by atoms with Gasteiger partial charge in [-0.2, -0.15) is 5.10 Å². The molecule has 1 aromatic heterocycles. The normalized spacial score (nSPS) is 15.6. The van der Waals surface area contributed by atoms with E-state index in [-0.39, 0.29) is 6.04 Å². The lowest BCUT2D eigenvalue weighted by atomic mass is 9.93. The molecule has 1 atom stereocenters.